The Morgan fingerprint density at radius 3 is 3.14 bits per heavy atom. The van der Waals surface area contributed by atoms with Gasteiger partial charge in [-0.1, -0.05) is 0 Å². The maximum Gasteiger partial charge on any atom is 0.115 e. The van der Waals surface area contributed by atoms with Crippen LogP contribution < -0.4 is 0 Å². The van der Waals surface area contributed by atoms with Gasteiger partial charge in [-0.3, -0.25) is 0 Å². The van der Waals surface area contributed by atoms with Crippen LogP contribution in [-0.4, -0.2) is 28.3 Å². The summed E-state index contributed by atoms with van der Waals surface area (Å²) >= 11 is 3.32. The Morgan fingerprint density at radius 1 is 1.64 bits per heavy atom. The Labute approximate surface area is 90.5 Å². The van der Waals surface area contributed by atoms with E-state index in [9.17, 15) is 5.11 Å². The first-order valence-electron chi connectivity index (χ1n) is 4.50. The highest BCUT2D eigenvalue weighted by atomic mass is 79.9. The fourth-order valence-electron chi connectivity index (χ4n) is 1.56. The zero-order valence-corrected chi connectivity index (χ0v) is 9.14. The van der Waals surface area contributed by atoms with Gasteiger partial charge >= 0.3 is 0 Å². The summed E-state index contributed by atoms with van der Waals surface area (Å²) in [4.78, 5) is 7.91. The van der Waals surface area contributed by atoms with Crippen LogP contribution in [0.2, 0.25) is 0 Å². The predicted octanol–water partition coefficient (Wildman–Crippen LogP) is 1.31. The third-order valence-electron chi connectivity index (χ3n) is 2.39. The van der Waals surface area contributed by atoms with Crippen LogP contribution in [-0.2, 0) is 4.74 Å². The molecule has 0 saturated carbocycles. The molecular formula is C9H11BrN2O2. The van der Waals surface area contributed by atoms with Crippen LogP contribution in [0.4, 0.5) is 0 Å². The highest BCUT2D eigenvalue weighted by Gasteiger charge is 2.27. The van der Waals surface area contributed by atoms with Crippen LogP contribution >= 0.6 is 15.9 Å². The van der Waals surface area contributed by atoms with E-state index in [2.05, 4.69) is 25.9 Å². The molecule has 1 aromatic heterocycles. The quantitative estimate of drug-likeness (QED) is 0.870. The molecule has 4 nitrogen and oxygen atoms in total. The maximum atomic E-state index is 10.0. The molecule has 1 aromatic rings. The summed E-state index contributed by atoms with van der Waals surface area (Å²) in [6.45, 7) is 1.34. The van der Waals surface area contributed by atoms with Gasteiger partial charge < -0.3 is 9.84 Å². The van der Waals surface area contributed by atoms with Crippen LogP contribution in [0.3, 0.4) is 0 Å². The number of hydrogen-bond acceptors (Lipinski definition) is 4. The lowest BCUT2D eigenvalue weighted by molar-refractivity contribution is 0.0878. The second kappa shape index (κ2) is 4.33. The van der Waals surface area contributed by atoms with Gasteiger partial charge in [-0.25, -0.2) is 9.97 Å². The Balaban J connectivity index is 2.17. The Morgan fingerprint density at radius 2 is 2.50 bits per heavy atom. The summed E-state index contributed by atoms with van der Waals surface area (Å²) in [6.07, 6.45) is 3.41. The molecule has 0 radical (unpaired) electrons. The second-order valence-corrected chi connectivity index (χ2v) is 4.18. The summed E-state index contributed by atoms with van der Waals surface area (Å²) in [5.41, 5.74) is 0.649. The summed E-state index contributed by atoms with van der Waals surface area (Å²) in [6, 6.07) is 0. The smallest absolute Gasteiger partial charge is 0.115 e. The summed E-state index contributed by atoms with van der Waals surface area (Å²) in [7, 11) is 0. The molecule has 0 aliphatic carbocycles. The zero-order chi connectivity index (χ0) is 9.97. The third kappa shape index (κ3) is 1.94. The lowest BCUT2D eigenvalue weighted by atomic mass is 9.99. The van der Waals surface area contributed by atoms with E-state index in [1.165, 1.54) is 6.33 Å². The lowest BCUT2D eigenvalue weighted by Gasteiger charge is -2.16. The molecule has 1 aliphatic heterocycles. The molecular weight excluding hydrogens is 248 g/mol. The van der Waals surface area contributed by atoms with Crippen LogP contribution in [0.25, 0.3) is 0 Å². The molecule has 2 rings (SSSR count). The molecule has 2 heterocycles. The third-order valence-corrected chi connectivity index (χ3v) is 3.00. The minimum absolute atomic E-state index is 0.154. The van der Waals surface area contributed by atoms with E-state index in [4.69, 9.17) is 4.74 Å². The van der Waals surface area contributed by atoms with Gasteiger partial charge in [0, 0.05) is 18.7 Å². The molecule has 1 N–H and O–H groups in total. The van der Waals surface area contributed by atoms with Gasteiger partial charge in [0.15, 0.2) is 0 Å². The first-order valence-corrected chi connectivity index (χ1v) is 5.29. The molecule has 0 spiro atoms. The summed E-state index contributed by atoms with van der Waals surface area (Å²) in [5.74, 6) is 0.154. The molecule has 1 saturated heterocycles. The van der Waals surface area contributed by atoms with Crippen LogP contribution in [0.1, 0.15) is 18.2 Å². The van der Waals surface area contributed by atoms with E-state index in [1.54, 1.807) is 6.20 Å². The molecule has 0 aromatic carbocycles. The molecule has 0 amide bonds. The average molecular weight is 259 g/mol. The standard InChI is InChI=1S/C9H11BrN2O2/c10-7-3-11-5-12-8(7)9(13)6-1-2-14-4-6/h3,5-6,9,13H,1-2,4H2. The van der Waals surface area contributed by atoms with Gasteiger partial charge in [0.25, 0.3) is 0 Å². The number of aromatic nitrogens is 2. The monoisotopic (exact) mass is 258 g/mol. The van der Waals surface area contributed by atoms with Crippen molar-refractivity contribution in [2.24, 2.45) is 5.92 Å². The molecule has 76 valence electrons. The van der Waals surface area contributed by atoms with Gasteiger partial charge in [0.1, 0.15) is 12.4 Å². The number of nitrogens with zero attached hydrogens (tertiary/aromatic N) is 2. The van der Waals surface area contributed by atoms with Crippen molar-refractivity contribution in [1.29, 1.82) is 0 Å². The highest BCUT2D eigenvalue weighted by molar-refractivity contribution is 9.10. The first kappa shape index (κ1) is 10.0. The van der Waals surface area contributed by atoms with Gasteiger partial charge in [0.2, 0.25) is 0 Å². The molecule has 1 aliphatic rings. The van der Waals surface area contributed by atoms with E-state index in [-0.39, 0.29) is 5.92 Å². The minimum atomic E-state index is -0.560. The van der Waals surface area contributed by atoms with Crippen molar-refractivity contribution < 1.29 is 9.84 Å². The van der Waals surface area contributed by atoms with E-state index in [0.29, 0.717) is 12.3 Å². The number of ether oxygens (including phenoxy) is 1. The predicted molar refractivity (Wildman–Crippen MR) is 53.6 cm³/mol. The van der Waals surface area contributed by atoms with Crippen LogP contribution in [0.15, 0.2) is 17.0 Å². The molecule has 14 heavy (non-hydrogen) atoms. The zero-order valence-electron chi connectivity index (χ0n) is 7.56. The van der Waals surface area contributed by atoms with E-state index in [1.807, 2.05) is 0 Å². The Bertz CT molecular complexity index is 315. The lowest BCUT2D eigenvalue weighted by Crippen LogP contribution is -2.14. The van der Waals surface area contributed by atoms with Crippen molar-refractivity contribution in [2.45, 2.75) is 12.5 Å². The normalized spacial score (nSPS) is 23.7. The largest absolute Gasteiger partial charge is 0.386 e. The van der Waals surface area contributed by atoms with Gasteiger partial charge in [0.05, 0.1) is 16.8 Å². The molecule has 0 bridgehead atoms. The maximum absolute atomic E-state index is 10.0. The minimum Gasteiger partial charge on any atom is -0.386 e. The van der Waals surface area contributed by atoms with Crippen LogP contribution in [0, 0.1) is 5.92 Å². The first-order chi connectivity index (χ1) is 6.79. The van der Waals surface area contributed by atoms with Gasteiger partial charge in [-0.15, -0.1) is 0 Å². The molecule has 2 unspecified atom stereocenters. The van der Waals surface area contributed by atoms with Crippen molar-refractivity contribution in [2.75, 3.05) is 13.2 Å². The number of rotatable bonds is 2. The second-order valence-electron chi connectivity index (χ2n) is 3.32. The fourth-order valence-corrected chi connectivity index (χ4v) is 2.02. The van der Waals surface area contributed by atoms with Crippen molar-refractivity contribution >= 4 is 15.9 Å². The SMILES string of the molecule is OC(c1ncncc1Br)C1CCOC1. The highest BCUT2D eigenvalue weighted by Crippen LogP contribution is 2.30. The van der Waals surface area contributed by atoms with Crippen molar-refractivity contribution in [1.82, 2.24) is 9.97 Å². The van der Waals surface area contributed by atoms with Crippen molar-refractivity contribution in [3.8, 4) is 0 Å². The Hall–Kier alpha value is -0.520. The van der Waals surface area contributed by atoms with Gasteiger partial charge in [-0.05, 0) is 22.4 Å². The number of aliphatic hydroxyl groups is 1. The van der Waals surface area contributed by atoms with E-state index < -0.39 is 6.10 Å². The van der Waals surface area contributed by atoms with Crippen LogP contribution in [0.5, 0.6) is 0 Å². The topological polar surface area (TPSA) is 55.2 Å². The number of halogens is 1. The number of aliphatic hydroxyl groups excluding tert-OH is 1. The fraction of sp³-hybridized carbons (Fsp3) is 0.556. The molecule has 2 atom stereocenters. The summed E-state index contributed by atoms with van der Waals surface area (Å²) < 4.78 is 5.97. The average Bonchev–Trinajstić information content (AvgIpc) is 2.70. The number of hydrogen-bond donors (Lipinski definition) is 1. The molecule has 1 fully saturated rings. The van der Waals surface area contributed by atoms with Crippen molar-refractivity contribution in [3.63, 3.8) is 0 Å². The summed E-state index contributed by atoms with van der Waals surface area (Å²) in [5, 5.41) is 10.0. The van der Waals surface area contributed by atoms with Gasteiger partial charge in [-0.2, -0.15) is 0 Å². The van der Waals surface area contributed by atoms with E-state index in [0.717, 1.165) is 17.5 Å². The molecule has 5 heteroatoms. The Kier molecular flexibility index (Phi) is 3.10. The van der Waals surface area contributed by atoms with E-state index >= 15 is 0 Å². The van der Waals surface area contributed by atoms with Crippen molar-refractivity contribution in [3.05, 3.63) is 22.7 Å².